The van der Waals surface area contributed by atoms with E-state index in [1.54, 1.807) is 18.2 Å². The van der Waals surface area contributed by atoms with Gasteiger partial charge in [-0.3, -0.25) is 14.4 Å². The first-order valence-corrected chi connectivity index (χ1v) is 9.79. The average Bonchev–Trinajstić information content (AvgIpc) is 3.29. The molecule has 0 atom stereocenters. The van der Waals surface area contributed by atoms with Gasteiger partial charge in [0.05, 0.1) is 35.7 Å². The van der Waals surface area contributed by atoms with Crippen LogP contribution in [0.15, 0.2) is 34.7 Å². The van der Waals surface area contributed by atoms with E-state index in [0.717, 1.165) is 36.7 Å². The van der Waals surface area contributed by atoms with Crippen LogP contribution in [0.4, 0.5) is 4.39 Å². The minimum Gasteiger partial charge on any atom is -0.441 e. The molecule has 0 fully saturated rings. The van der Waals surface area contributed by atoms with Gasteiger partial charge in [0.25, 0.3) is 0 Å². The Morgan fingerprint density at radius 2 is 2.14 bits per heavy atom. The van der Waals surface area contributed by atoms with Crippen molar-refractivity contribution < 1.29 is 13.6 Å². The molecule has 0 spiro atoms. The van der Waals surface area contributed by atoms with Crippen LogP contribution in [0.25, 0.3) is 11.5 Å². The van der Waals surface area contributed by atoms with Crippen LogP contribution in [0.2, 0.25) is 0 Å². The predicted octanol–water partition coefficient (Wildman–Crippen LogP) is 3.03. The van der Waals surface area contributed by atoms with Crippen LogP contribution < -0.4 is 5.32 Å². The van der Waals surface area contributed by atoms with Gasteiger partial charge in [0.1, 0.15) is 11.6 Å². The molecule has 0 aliphatic carbocycles. The molecular weight excluding hydrogens is 373 g/mol. The van der Waals surface area contributed by atoms with Crippen molar-refractivity contribution in [2.75, 3.05) is 6.54 Å². The van der Waals surface area contributed by atoms with Gasteiger partial charge in [-0.05, 0) is 25.1 Å². The summed E-state index contributed by atoms with van der Waals surface area (Å²) >= 11 is 0. The van der Waals surface area contributed by atoms with Gasteiger partial charge in [-0.15, -0.1) is 0 Å². The largest absolute Gasteiger partial charge is 0.441 e. The number of nitrogens with one attached hydrogen (secondary N) is 1. The summed E-state index contributed by atoms with van der Waals surface area (Å²) in [6, 6.07) is 8.52. The number of fused-ring (bicyclic) bond motifs is 1. The molecule has 0 saturated heterocycles. The molecule has 152 valence electrons. The highest BCUT2D eigenvalue weighted by Gasteiger charge is 2.22. The van der Waals surface area contributed by atoms with E-state index in [0.29, 0.717) is 36.7 Å². The molecule has 29 heavy (non-hydrogen) atoms. The van der Waals surface area contributed by atoms with Crippen molar-refractivity contribution in [3.05, 3.63) is 59.0 Å². The predicted molar refractivity (Wildman–Crippen MR) is 105 cm³/mol. The van der Waals surface area contributed by atoms with Crippen LogP contribution in [0, 0.1) is 12.7 Å². The maximum absolute atomic E-state index is 14.0. The fourth-order valence-corrected chi connectivity index (χ4v) is 3.45. The SMILES string of the molecule is CCC(=O)NCc1cc2n(n1)CCN(Cc1nc(-c3ccccc3F)oc1C)C2. The molecule has 4 rings (SSSR count). The second-order valence-corrected chi connectivity index (χ2v) is 7.19. The molecular formula is C21H24FN5O2. The van der Waals surface area contributed by atoms with Gasteiger partial charge in [0.15, 0.2) is 0 Å². The molecule has 1 amide bonds. The third-order valence-electron chi connectivity index (χ3n) is 5.09. The van der Waals surface area contributed by atoms with Crippen molar-refractivity contribution >= 4 is 5.91 Å². The number of carbonyl (C=O) groups is 1. The summed E-state index contributed by atoms with van der Waals surface area (Å²) in [7, 11) is 0. The Kier molecular flexibility index (Phi) is 5.44. The van der Waals surface area contributed by atoms with Crippen molar-refractivity contribution in [1.29, 1.82) is 0 Å². The van der Waals surface area contributed by atoms with E-state index in [4.69, 9.17) is 4.42 Å². The Bertz CT molecular complexity index is 1030. The highest BCUT2D eigenvalue weighted by molar-refractivity contribution is 5.75. The number of hydrogen-bond acceptors (Lipinski definition) is 5. The Morgan fingerprint density at radius 3 is 2.93 bits per heavy atom. The van der Waals surface area contributed by atoms with Crippen LogP contribution in [0.1, 0.15) is 36.2 Å². The summed E-state index contributed by atoms with van der Waals surface area (Å²) in [6.07, 6.45) is 0.466. The maximum Gasteiger partial charge on any atom is 0.229 e. The van der Waals surface area contributed by atoms with E-state index in [2.05, 4.69) is 20.3 Å². The molecule has 8 heteroatoms. The first-order valence-electron chi connectivity index (χ1n) is 9.79. The molecule has 1 aliphatic rings. The summed E-state index contributed by atoms with van der Waals surface area (Å²) in [5.41, 5.74) is 3.15. The fraction of sp³-hybridized carbons (Fsp3) is 0.381. The first-order chi connectivity index (χ1) is 14.0. The zero-order chi connectivity index (χ0) is 20.4. The van der Waals surface area contributed by atoms with Crippen LogP contribution in [0.5, 0.6) is 0 Å². The Labute approximate surface area is 168 Å². The van der Waals surface area contributed by atoms with E-state index in [1.807, 2.05) is 24.6 Å². The molecule has 3 aromatic rings. The summed E-state index contributed by atoms with van der Waals surface area (Å²) in [5, 5.41) is 7.43. The minimum absolute atomic E-state index is 0.0183. The lowest BCUT2D eigenvalue weighted by molar-refractivity contribution is -0.120. The molecule has 0 saturated carbocycles. The second kappa shape index (κ2) is 8.16. The van der Waals surface area contributed by atoms with Crippen LogP contribution in [-0.2, 0) is 31.0 Å². The molecule has 2 aromatic heterocycles. The lowest BCUT2D eigenvalue weighted by Gasteiger charge is -2.26. The normalized spacial score (nSPS) is 14.0. The van der Waals surface area contributed by atoms with E-state index in [-0.39, 0.29) is 11.7 Å². The summed E-state index contributed by atoms with van der Waals surface area (Å²) in [4.78, 5) is 18.2. The topological polar surface area (TPSA) is 76.2 Å². The van der Waals surface area contributed by atoms with E-state index in [1.165, 1.54) is 6.07 Å². The zero-order valence-electron chi connectivity index (χ0n) is 16.6. The number of aromatic nitrogens is 3. The van der Waals surface area contributed by atoms with Crippen molar-refractivity contribution in [3.63, 3.8) is 0 Å². The van der Waals surface area contributed by atoms with Crippen molar-refractivity contribution in [1.82, 2.24) is 25.0 Å². The fourth-order valence-electron chi connectivity index (χ4n) is 3.45. The number of rotatable bonds is 6. The van der Waals surface area contributed by atoms with E-state index >= 15 is 0 Å². The van der Waals surface area contributed by atoms with Gasteiger partial charge in [-0.1, -0.05) is 19.1 Å². The standard InChI is InChI=1S/C21H24FN5O2/c1-3-20(28)23-11-15-10-16-12-26(8-9-27(16)25-15)13-19-14(2)29-21(24-19)17-6-4-5-7-18(17)22/h4-7,10H,3,8-9,11-13H2,1-2H3,(H,23,28). The van der Waals surface area contributed by atoms with Gasteiger partial charge >= 0.3 is 0 Å². The molecule has 7 nitrogen and oxygen atoms in total. The Balaban J connectivity index is 1.44. The van der Waals surface area contributed by atoms with Crippen LogP contribution in [-0.4, -0.2) is 32.1 Å². The lowest BCUT2D eigenvalue weighted by atomic mass is 10.2. The average molecular weight is 397 g/mol. The van der Waals surface area contributed by atoms with Gasteiger partial charge < -0.3 is 9.73 Å². The van der Waals surface area contributed by atoms with Crippen molar-refractivity contribution in [2.45, 2.75) is 46.4 Å². The van der Waals surface area contributed by atoms with Gasteiger partial charge in [0.2, 0.25) is 11.8 Å². The molecule has 1 aromatic carbocycles. The summed E-state index contributed by atoms with van der Waals surface area (Å²) in [6.45, 7) is 7.09. The van der Waals surface area contributed by atoms with Crippen molar-refractivity contribution in [2.24, 2.45) is 0 Å². The monoisotopic (exact) mass is 397 g/mol. The van der Waals surface area contributed by atoms with Crippen LogP contribution >= 0.6 is 0 Å². The zero-order valence-corrected chi connectivity index (χ0v) is 16.6. The number of benzene rings is 1. The number of halogens is 1. The van der Waals surface area contributed by atoms with Crippen LogP contribution in [0.3, 0.4) is 0 Å². The number of nitrogens with zero attached hydrogens (tertiary/aromatic N) is 4. The number of carbonyl (C=O) groups excluding carboxylic acids is 1. The number of aryl methyl sites for hydroxylation is 1. The molecule has 3 heterocycles. The first kappa shape index (κ1) is 19.3. The third-order valence-corrected chi connectivity index (χ3v) is 5.09. The maximum atomic E-state index is 14.0. The molecule has 1 N–H and O–H groups in total. The van der Waals surface area contributed by atoms with E-state index < -0.39 is 0 Å². The minimum atomic E-state index is -0.343. The smallest absolute Gasteiger partial charge is 0.229 e. The Hall–Kier alpha value is -3.00. The van der Waals surface area contributed by atoms with Crippen molar-refractivity contribution in [3.8, 4) is 11.5 Å². The molecule has 0 bridgehead atoms. The second-order valence-electron chi connectivity index (χ2n) is 7.19. The summed E-state index contributed by atoms with van der Waals surface area (Å²) < 4.78 is 21.7. The quantitative estimate of drug-likeness (QED) is 0.692. The lowest BCUT2D eigenvalue weighted by Crippen LogP contribution is -2.33. The highest BCUT2D eigenvalue weighted by atomic mass is 19.1. The number of amides is 1. The van der Waals surface area contributed by atoms with Gasteiger partial charge in [-0.2, -0.15) is 5.10 Å². The third kappa shape index (κ3) is 4.22. The Morgan fingerprint density at radius 1 is 1.31 bits per heavy atom. The highest BCUT2D eigenvalue weighted by Crippen LogP contribution is 2.25. The molecule has 0 radical (unpaired) electrons. The van der Waals surface area contributed by atoms with Gasteiger partial charge in [-0.25, -0.2) is 9.37 Å². The summed E-state index contributed by atoms with van der Waals surface area (Å²) in [5.74, 6) is 0.687. The molecule has 1 aliphatic heterocycles. The number of oxazole rings is 1. The number of hydrogen-bond donors (Lipinski definition) is 1. The van der Waals surface area contributed by atoms with E-state index in [9.17, 15) is 9.18 Å². The molecule has 0 unspecified atom stereocenters. The van der Waals surface area contributed by atoms with Gasteiger partial charge in [0, 0.05) is 26.1 Å².